The van der Waals surface area contributed by atoms with Crippen LogP contribution < -0.4 is 14.2 Å². The third kappa shape index (κ3) is 5.84. The molecule has 0 aliphatic rings. The van der Waals surface area contributed by atoms with Gasteiger partial charge in [0.2, 0.25) is 0 Å². The van der Waals surface area contributed by atoms with Gasteiger partial charge in [-0.3, -0.25) is 20.2 Å². The molecule has 188 valence electrons. The summed E-state index contributed by atoms with van der Waals surface area (Å²) in [5, 5.41) is 21.9. The first-order valence-corrected chi connectivity index (χ1v) is 11.4. The molecule has 0 saturated carbocycles. The highest BCUT2D eigenvalue weighted by atomic mass is 16.6. The number of nitro groups is 2. The van der Waals surface area contributed by atoms with Crippen LogP contribution in [0.1, 0.15) is 22.3 Å². The molecule has 0 unspecified atom stereocenters. The first-order chi connectivity index (χ1) is 17.6. The Labute approximate surface area is 213 Å². The molecule has 0 fully saturated rings. The number of hydrogen-bond donors (Lipinski definition) is 0. The summed E-state index contributed by atoms with van der Waals surface area (Å²) in [5.41, 5.74) is 3.03. The summed E-state index contributed by atoms with van der Waals surface area (Å²) in [6.45, 7) is 7.30. The average molecular weight is 501 g/mol. The predicted molar refractivity (Wildman–Crippen MR) is 138 cm³/mol. The van der Waals surface area contributed by atoms with Crippen LogP contribution in [0.2, 0.25) is 0 Å². The zero-order valence-electron chi connectivity index (χ0n) is 20.7. The molecular weight excluding hydrogens is 476 g/mol. The number of aryl methyl sites for hydroxylation is 4. The topological polar surface area (TPSA) is 114 Å². The third-order valence-corrected chi connectivity index (χ3v) is 5.71. The first kappa shape index (κ1) is 25.2. The molecule has 4 aromatic rings. The number of ether oxygens (including phenoxy) is 3. The summed E-state index contributed by atoms with van der Waals surface area (Å²) in [5.74, 6) is 3.54. The lowest BCUT2D eigenvalue weighted by molar-refractivity contribution is -0.385. The fourth-order valence-corrected chi connectivity index (χ4v) is 3.70. The van der Waals surface area contributed by atoms with Crippen molar-refractivity contribution in [2.45, 2.75) is 27.7 Å². The average Bonchev–Trinajstić information content (AvgIpc) is 2.84. The molecule has 0 heterocycles. The normalized spacial score (nSPS) is 10.6. The fourth-order valence-electron chi connectivity index (χ4n) is 3.70. The largest absolute Gasteiger partial charge is 0.457 e. The van der Waals surface area contributed by atoms with Crippen LogP contribution in [-0.2, 0) is 0 Å². The molecule has 0 atom stereocenters. The second kappa shape index (κ2) is 10.4. The maximum absolute atomic E-state index is 11.0. The fraction of sp³-hybridized carbons (Fsp3) is 0.143. The zero-order valence-corrected chi connectivity index (χ0v) is 20.7. The van der Waals surface area contributed by atoms with E-state index in [9.17, 15) is 20.2 Å². The summed E-state index contributed by atoms with van der Waals surface area (Å²) in [6.07, 6.45) is 0. The van der Waals surface area contributed by atoms with Crippen molar-refractivity contribution in [2.75, 3.05) is 0 Å². The van der Waals surface area contributed by atoms with Crippen molar-refractivity contribution < 1.29 is 24.1 Å². The summed E-state index contributed by atoms with van der Waals surface area (Å²) >= 11 is 0. The Hall–Kier alpha value is -4.92. The molecule has 0 saturated heterocycles. The molecule has 0 spiro atoms. The van der Waals surface area contributed by atoms with Gasteiger partial charge < -0.3 is 14.2 Å². The Morgan fingerprint density at radius 2 is 0.811 bits per heavy atom. The number of rotatable bonds is 8. The van der Waals surface area contributed by atoms with Crippen LogP contribution in [0.25, 0.3) is 0 Å². The minimum Gasteiger partial charge on any atom is -0.457 e. The maximum atomic E-state index is 11.0. The van der Waals surface area contributed by atoms with E-state index in [1.165, 1.54) is 24.3 Å². The van der Waals surface area contributed by atoms with E-state index in [1.807, 2.05) is 26.0 Å². The summed E-state index contributed by atoms with van der Waals surface area (Å²) in [6, 6.07) is 19.7. The Bertz CT molecular complexity index is 1510. The first-order valence-electron chi connectivity index (χ1n) is 11.4. The van der Waals surface area contributed by atoms with Gasteiger partial charge in [0.15, 0.2) is 0 Å². The minimum absolute atomic E-state index is 0.0133. The molecule has 4 rings (SSSR count). The third-order valence-electron chi connectivity index (χ3n) is 5.71. The number of benzene rings is 4. The van der Waals surface area contributed by atoms with Gasteiger partial charge in [-0.25, -0.2) is 0 Å². The number of non-ortho nitro benzene ring substituents is 2. The lowest BCUT2D eigenvalue weighted by Gasteiger charge is -2.14. The summed E-state index contributed by atoms with van der Waals surface area (Å²) < 4.78 is 18.0. The van der Waals surface area contributed by atoms with Gasteiger partial charge in [-0.15, -0.1) is 0 Å². The SMILES string of the molecule is Cc1cc(Oc2ccc([N+](=O)[O-])cc2C)ccc1Oc1ccc(Oc2ccc([N+](=O)[O-])cc2C)c(C)c1. The summed E-state index contributed by atoms with van der Waals surface area (Å²) in [7, 11) is 0. The van der Waals surface area contributed by atoms with E-state index in [2.05, 4.69) is 0 Å². The van der Waals surface area contributed by atoms with Gasteiger partial charge in [0.25, 0.3) is 11.4 Å². The van der Waals surface area contributed by atoms with Crippen LogP contribution in [0.3, 0.4) is 0 Å². The van der Waals surface area contributed by atoms with Gasteiger partial charge in [0, 0.05) is 24.3 Å². The Balaban J connectivity index is 1.46. The number of nitrogens with zero attached hydrogens (tertiary/aromatic N) is 2. The van der Waals surface area contributed by atoms with Crippen molar-refractivity contribution in [1.29, 1.82) is 0 Å². The zero-order chi connectivity index (χ0) is 26.7. The second-order valence-corrected chi connectivity index (χ2v) is 8.57. The molecule has 0 N–H and O–H groups in total. The van der Waals surface area contributed by atoms with E-state index in [1.54, 1.807) is 50.2 Å². The van der Waals surface area contributed by atoms with Gasteiger partial charge in [0.1, 0.15) is 34.5 Å². The second-order valence-electron chi connectivity index (χ2n) is 8.57. The van der Waals surface area contributed by atoms with E-state index in [4.69, 9.17) is 14.2 Å². The van der Waals surface area contributed by atoms with Crippen molar-refractivity contribution in [3.05, 3.63) is 115 Å². The minimum atomic E-state index is -0.440. The molecule has 0 aromatic heterocycles. The van der Waals surface area contributed by atoms with E-state index in [-0.39, 0.29) is 11.4 Å². The van der Waals surface area contributed by atoms with Crippen LogP contribution in [0.15, 0.2) is 72.8 Å². The Morgan fingerprint density at radius 1 is 0.486 bits per heavy atom. The van der Waals surface area contributed by atoms with Crippen LogP contribution in [0, 0.1) is 47.9 Å². The number of hydrogen-bond acceptors (Lipinski definition) is 7. The van der Waals surface area contributed by atoms with Gasteiger partial charge in [0.05, 0.1) is 9.85 Å². The highest BCUT2D eigenvalue weighted by molar-refractivity contribution is 5.50. The lowest BCUT2D eigenvalue weighted by Crippen LogP contribution is -1.94. The van der Waals surface area contributed by atoms with Crippen molar-refractivity contribution in [2.24, 2.45) is 0 Å². The Morgan fingerprint density at radius 3 is 1.14 bits per heavy atom. The predicted octanol–water partition coefficient (Wildman–Crippen LogP) is 8.11. The molecule has 0 aliphatic carbocycles. The molecule has 9 heteroatoms. The van der Waals surface area contributed by atoms with E-state index >= 15 is 0 Å². The molecule has 4 aromatic carbocycles. The molecule has 0 aliphatic heterocycles. The van der Waals surface area contributed by atoms with E-state index < -0.39 is 9.85 Å². The van der Waals surface area contributed by atoms with Gasteiger partial charge in [-0.2, -0.15) is 0 Å². The number of nitro benzene ring substituents is 2. The van der Waals surface area contributed by atoms with Crippen molar-refractivity contribution in [3.8, 4) is 34.5 Å². The molecule has 0 bridgehead atoms. The molecule has 37 heavy (non-hydrogen) atoms. The van der Waals surface area contributed by atoms with Crippen LogP contribution in [0.4, 0.5) is 11.4 Å². The van der Waals surface area contributed by atoms with Gasteiger partial charge in [-0.1, -0.05) is 0 Å². The van der Waals surface area contributed by atoms with Crippen LogP contribution in [0.5, 0.6) is 34.5 Å². The Kier molecular flexibility index (Phi) is 7.06. The van der Waals surface area contributed by atoms with Gasteiger partial charge in [-0.05, 0) is 98.5 Å². The standard InChI is InChI=1S/C28H24N2O7/c1-17-13-21(29(31)32)5-9-25(17)35-23-7-11-26(19(3)15-23)36-24-8-12-28(20(4)16-24)37-27-10-6-22(30(33)34)14-18(27)2/h5-16H,1-4H3. The quantitative estimate of drug-likeness (QED) is 0.177. The van der Waals surface area contributed by atoms with Crippen molar-refractivity contribution in [3.63, 3.8) is 0 Å². The van der Waals surface area contributed by atoms with E-state index in [0.717, 1.165) is 11.1 Å². The highest BCUT2D eigenvalue weighted by Gasteiger charge is 2.13. The van der Waals surface area contributed by atoms with Crippen LogP contribution >= 0.6 is 0 Å². The monoisotopic (exact) mass is 500 g/mol. The van der Waals surface area contributed by atoms with Crippen molar-refractivity contribution in [1.82, 2.24) is 0 Å². The molecule has 0 amide bonds. The molecular formula is C28H24N2O7. The smallest absolute Gasteiger partial charge is 0.269 e. The molecule has 0 radical (unpaired) electrons. The van der Waals surface area contributed by atoms with Crippen LogP contribution in [-0.4, -0.2) is 9.85 Å². The van der Waals surface area contributed by atoms with Gasteiger partial charge >= 0.3 is 0 Å². The maximum Gasteiger partial charge on any atom is 0.269 e. The van der Waals surface area contributed by atoms with E-state index in [0.29, 0.717) is 45.6 Å². The molecule has 9 nitrogen and oxygen atoms in total. The highest BCUT2D eigenvalue weighted by Crippen LogP contribution is 2.35. The summed E-state index contributed by atoms with van der Waals surface area (Å²) in [4.78, 5) is 21.0. The van der Waals surface area contributed by atoms with Crippen molar-refractivity contribution >= 4 is 11.4 Å². The lowest BCUT2D eigenvalue weighted by atomic mass is 10.1.